The Bertz CT molecular complexity index is 828. The molecule has 1 unspecified atom stereocenters. The monoisotopic (exact) mass is 361 g/mol. The van der Waals surface area contributed by atoms with Gasteiger partial charge in [0.15, 0.2) is 0 Å². The minimum Gasteiger partial charge on any atom is -0.378 e. The van der Waals surface area contributed by atoms with Gasteiger partial charge in [0.05, 0.1) is 5.69 Å². The van der Waals surface area contributed by atoms with Gasteiger partial charge < -0.3 is 15.3 Å². The summed E-state index contributed by atoms with van der Waals surface area (Å²) in [5, 5.41) is 15.0. The van der Waals surface area contributed by atoms with Crippen molar-refractivity contribution in [1.29, 1.82) is 0 Å². The molecule has 1 heterocycles. The number of aromatic nitrogens is 1. The summed E-state index contributed by atoms with van der Waals surface area (Å²) in [4.78, 5) is 18.4. The lowest BCUT2D eigenvalue weighted by atomic mass is 9.78. The SMILES string of the molecule is CN(C)C(=O)NC(c1ccccn1)C(O)(c1ccccc1)c1ccccc1. The van der Waals surface area contributed by atoms with Crippen LogP contribution in [0, 0.1) is 0 Å². The minimum atomic E-state index is -1.50. The average Bonchev–Trinajstić information content (AvgIpc) is 2.73. The molecule has 3 rings (SSSR count). The lowest BCUT2D eigenvalue weighted by molar-refractivity contribution is 0.0371. The number of carbonyl (C=O) groups excluding carboxylic acids is 1. The van der Waals surface area contributed by atoms with Crippen molar-refractivity contribution in [2.75, 3.05) is 14.1 Å². The van der Waals surface area contributed by atoms with Crippen LogP contribution in [0.25, 0.3) is 0 Å². The lowest BCUT2D eigenvalue weighted by Crippen LogP contribution is -2.48. The van der Waals surface area contributed by atoms with E-state index in [9.17, 15) is 9.90 Å². The number of urea groups is 1. The molecule has 0 saturated carbocycles. The van der Waals surface area contributed by atoms with E-state index in [1.807, 2.05) is 66.7 Å². The number of nitrogens with one attached hydrogen (secondary N) is 1. The van der Waals surface area contributed by atoms with Crippen molar-refractivity contribution >= 4 is 6.03 Å². The van der Waals surface area contributed by atoms with Gasteiger partial charge in [-0.05, 0) is 23.3 Å². The first-order chi connectivity index (χ1) is 13.0. The second-order valence-corrected chi connectivity index (χ2v) is 6.53. The summed E-state index contributed by atoms with van der Waals surface area (Å²) < 4.78 is 0. The van der Waals surface area contributed by atoms with Crippen LogP contribution in [0.5, 0.6) is 0 Å². The van der Waals surface area contributed by atoms with E-state index in [1.54, 1.807) is 32.4 Å². The smallest absolute Gasteiger partial charge is 0.317 e. The normalized spacial score (nSPS) is 12.3. The van der Waals surface area contributed by atoms with E-state index in [-0.39, 0.29) is 6.03 Å². The molecule has 0 aliphatic heterocycles. The average molecular weight is 361 g/mol. The van der Waals surface area contributed by atoms with Crippen molar-refractivity contribution in [3.63, 3.8) is 0 Å². The van der Waals surface area contributed by atoms with Gasteiger partial charge in [-0.1, -0.05) is 66.7 Å². The zero-order valence-corrected chi connectivity index (χ0v) is 15.4. The van der Waals surface area contributed by atoms with Crippen LogP contribution in [0.4, 0.5) is 4.79 Å². The third kappa shape index (κ3) is 3.83. The maximum absolute atomic E-state index is 12.5. The van der Waals surface area contributed by atoms with Crippen molar-refractivity contribution in [3.05, 3.63) is 102 Å². The van der Waals surface area contributed by atoms with Gasteiger partial charge in [-0.2, -0.15) is 0 Å². The molecule has 0 spiro atoms. The minimum absolute atomic E-state index is 0.309. The molecular weight excluding hydrogens is 338 g/mol. The highest BCUT2D eigenvalue weighted by Crippen LogP contribution is 2.40. The predicted octanol–water partition coefficient (Wildman–Crippen LogP) is 3.33. The van der Waals surface area contributed by atoms with Crippen LogP contribution in [0.3, 0.4) is 0 Å². The van der Waals surface area contributed by atoms with Crippen molar-refractivity contribution in [2.45, 2.75) is 11.6 Å². The highest BCUT2D eigenvalue weighted by molar-refractivity contribution is 5.74. The molecule has 2 aromatic carbocycles. The van der Waals surface area contributed by atoms with Crippen LogP contribution in [0.2, 0.25) is 0 Å². The Hall–Kier alpha value is -3.18. The van der Waals surface area contributed by atoms with Crippen molar-refractivity contribution < 1.29 is 9.90 Å². The number of carbonyl (C=O) groups is 1. The fourth-order valence-electron chi connectivity index (χ4n) is 3.08. The Kier molecular flexibility index (Phi) is 5.52. The summed E-state index contributed by atoms with van der Waals surface area (Å²) in [5.74, 6) is 0. The van der Waals surface area contributed by atoms with E-state index < -0.39 is 11.6 Å². The van der Waals surface area contributed by atoms with Crippen LogP contribution in [0.15, 0.2) is 85.1 Å². The fourth-order valence-corrected chi connectivity index (χ4v) is 3.08. The predicted molar refractivity (Wildman–Crippen MR) is 105 cm³/mol. The molecule has 2 amide bonds. The number of pyridine rings is 1. The first-order valence-electron chi connectivity index (χ1n) is 8.75. The summed E-state index contributed by atoms with van der Waals surface area (Å²) in [6, 6.07) is 23.0. The Balaban J connectivity index is 2.21. The largest absolute Gasteiger partial charge is 0.378 e. The Morgan fingerprint density at radius 2 is 1.44 bits per heavy atom. The molecule has 0 saturated heterocycles. The van der Waals surface area contributed by atoms with E-state index in [0.717, 1.165) is 0 Å². The number of amides is 2. The second kappa shape index (κ2) is 8.01. The molecule has 1 aromatic heterocycles. The molecule has 0 fully saturated rings. The van der Waals surface area contributed by atoms with Crippen molar-refractivity contribution in [3.8, 4) is 0 Å². The molecule has 0 aliphatic rings. The summed E-state index contributed by atoms with van der Waals surface area (Å²) in [5.41, 5.74) is 0.419. The van der Waals surface area contributed by atoms with Gasteiger partial charge >= 0.3 is 6.03 Å². The van der Waals surface area contributed by atoms with Crippen molar-refractivity contribution in [2.24, 2.45) is 0 Å². The van der Waals surface area contributed by atoms with Gasteiger partial charge in [0.2, 0.25) is 0 Å². The number of hydrogen-bond acceptors (Lipinski definition) is 3. The van der Waals surface area contributed by atoms with Gasteiger partial charge in [-0.15, -0.1) is 0 Å². The number of rotatable bonds is 5. The van der Waals surface area contributed by atoms with Gasteiger partial charge in [-0.25, -0.2) is 4.79 Å². The molecule has 1 atom stereocenters. The van der Waals surface area contributed by atoms with E-state index in [2.05, 4.69) is 10.3 Å². The number of nitrogens with zero attached hydrogens (tertiary/aromatic N) is 2. The van der Waals surface area contributed by atoms with Gasteiger partial charge in [-0.3, -0.25) is 4.98 Å². The third-order valence-corrected chi connectivity index (χ3v) is 4.50. The van der Waals surface area contributed by atoms with Crippen molar-refractivity contribution in [1.82, 2.24) is 15.2 Å². The first kappa shape index (κ1) is 18.6. The molecule has 0 aliphatic carbocycles. The summed E-state index contributed by atoms with van der Waals surface area (Å²) in [6.45, 7) is 0. The molecule has 0 radical (unpaired) electrons. The van der Waals surface area contributed by atoms with E-state index in [0.29, 0.717) is 16.8 Å². The lowest BCUT2D eigenvalue weighted by Gasteiger charge is -2.38. The van der Waals surface area contributed by atoms with E-state index >= 15 is 0 Å². The Morgan fingerprint density at radius 1 is 0.926 bits per heavy atom. The molecule has 3 aromatic rings. The topological polar surface area (TPSA) is 65.5 Å². The van der Waals surface area contributed by atoms with Crippen LogP contribution in [0.1, 0.15) is 22.9 Å². The second-order valence-electron chi connectivity index (χ2n) is 6.53. The van der Waals surface area contributed by atoms with E-state index in [4.69, 9.17) is 0 Å². The fraction of sp³-hybridized carbons (Fsp3) is 0.182. The number of hydrogen-bond donors (Lipinski definition) is 2. The number of benzene rings is 2. The van der Waals surface area contributed by atoms with Gasteiger partial charge in [0.25, 0.3) is 0 Å². The Labute approximate surface area is 159 Å². The zero-order chi connectivity index (χ0) is 19.3. The van der Waals surface area contributed by atoms with Crippen LogP contribution in [-0.2, 0) is 5.60 Å². The highest BCUT2D eigenvalue weighted by Gasteiger charge is 2.43. The van der Waals surface area contributed by atoms with Crippen LogP contribution in [-0.4, -0.2) is 35.1 Å². The molecule has 27 heavy (non-hydrogen) atoms. The Morgan fingerprint density at radius 3 is 1.89 bits per heavy atom. The standard InChI is InChI=1S/C22H23N3O2/c1-25(2)21(26)24-20(19-15-9-10-16-23-19)22(27,17-11-5-3-6-12-17)18-13-7-4-8-14-18/h3-16,20,27H,1-2H3,(H,24,26). The molecule has 0 bridgehead atoms. The van der Waals surface area contributed by atoms with Crippen LogP contribution < -0.4 is 5.32 Å². The summed E-state index contributed by atoms with van der Waals surface area (Å²) in [7, 11) is 3.32. The number of aliphatic hydroxyl groups is 1. The van der Waals surface area contributed by atoms with Gasteiger partial charge in [0.1, 0.15) is 11.6 Å². The first-order valence-corrected chi connectivity index (χ1v) is 8.75. The molecule has 138 valence electrons. The maximum atomic E-state index is 12.5. The van der Waals surface area contributed by atoms with Gasteiger partial charge in [0, 0.05) is 20.3 Å². The molecule has 5 nitrogen and oxygen atoms in total. The molecular formula is C22H23N3O2. The highest BCUT2D eigenvalue weighted by atomic mass is 16.3. The maximum Gasteiger partial charge on any atom is 0.317 e. The van der Waals surface area contributed by atoms with Crippen LogP contribution >= 0.6 is 0 Å². The zero-order valence-electron chi connectivity index (χ0n) is 15.4. The molecule has 5 heteroatoms. The molecule has 2 N–H and O–H groups in total. The van der Waals surface area contributed by atoms with E-state index in [1.165, 1.54) is 4.90 Å². The summed E-state index contributed by atoms with van der Waals surface area (Å²) >= 11 is 0. The summed E-state index contributed by atoms with van der Waals surface area (Å²) in [6.07, 6.45) is 1.65. The third-order valence-electron chi connectivity index (χ3n) is 4.50. The quantitative estimate of drug-likeness (QED) is 0.733.